The van der Waals surface area contributed by atoms with E-state index in [1.54, 1.807) is 0 Å². The van der Waals surface area contributed by atoms with Crippen molar-refractivity contribution in [3.8, 4) is 11.1 Å². The van der Waals surface area contributed by atoms with Crippen molar-refractivity contribution < 1.29 is 9.90 Å². The normalized spacial score (nSPS) is 11.0. The molecule has 0 spiro atoms. The lowest BCUT2D eigenvalue weighted by Crippen LogP contribution is -1.96. The first kappa shape index (κ1) is 13.6. The van der Waals surface area contributed by atoms with Crippen LogP contribution in [0, 0.1) is 13.8 Å². The number of aromatic carboxylic acids is 1. The number of carboxylic acids is 1. The average Bonchev–Trinajstić information content (AvgIpc) is 2.76. The number of aromatic amines is 1. The minimum Gasteiger partial charge on any atom is -0.477 e. The van der Waals surface area contributed by atoms with Gasteiger partial charge in [0, 0.05) is 27.9 Å². The number of nitrogens with zero attached hydrogens (tertiary/aromatic N) is 2. The maximum atomic E-state index is 11.1. The van der Waals surface area contributed by atoms with Crippen LogP contribution in [0.3, 0.4) is 0 Å². The van der Waals surface area contributed by atoms with Gasteiger partial charge in [-0.15, -0.1) is 0 Å². The van der Waals surface area contributed by atoms with Crippen molar-refractivity contribution in [1.29, 1.82) is 0 Å². The third-order valence-electron chi connectivity index (χ3n) is 3.46. The monoisotopic (exact) mass is 301 g/mol. The number of rotatable bonds is 2. The predicted octanol–water partition coefficient (Wildman–Crippen LogP) is 3.59. The van der Waals surface area contributed by atoms with E-state index in [1.807, 2.05) is 32.0 Å². The Labute approximate surface area is 125 Å². The first-order chi connectivity index (χ1) is 9.99. The molecule has 0 fully saturated rings. The maximum Gasteiger partial charge on any atom is 0.353 e. The molecule has 0 saturated heterocycles. The van der Waals surface area contributed by atoms with E-state index in [0.717, 1.165) is 22.5 Å². The molecule has 106 valence electrons. The van der Waals surface area contributed by atoms with E-state index >= 15 is 0 Å². The van der Waals surface area contributed by atoms with Gasteiger partial charge in [-0.3, -0.25) is 0 Å². The molecule has 2 N–H and O–H groups in total. The summed E-state index contributed by atoms with van der Waals surface area (Å²) in [7, 11) is 0. The van der Waals surface area contributed by atoms with Crippen molar-refractivity contribution in [3.05, 3.63) is 46.6 Å². The Bertz CT molecular complexity index is 850. The Morgan fingerprint density at radius 2 is 1.90 bits per heavy atom. The summed E-state index contributed by atoms with van der Waals surface area (Å²) in [5.74, 6) is -1.08. The zero-order valence-corrected chi connectivity index (χ0v) is 12.2. The van der Waals surface area contributed by atoms with Gasteiger partial charge in [-0.2, -0.15) is 0 Å². The number of carboxylic acid groups (broad SMARTS) is 1. The summed E-state index contributed by atoms with van der Waals surface area (Å²) >= 11 is 6.08. The number of halogens is 1. The zero-order valence-electron chi connectivity index (χ0n) is 11.4. The second kappa shape index (κ2) is 4.86. The summed E-state index contributed by atoms with van der Waals surface area (Å²) in [5, 5.41) is 10.0. The average molecular weight is 302 g/mol. The van der Waals surface area contributed by atoms with Crippen LogP contribution in [0.5, 0.6) is 0 Å². The van der Waals surface area contributed by atoms with Crippen LogP contribution in [0.25, 0.3) is 22.0 Å². The highest BCUT2D eigenvalue weighted by atomic mass is 35.5. The van der Waals surface area contributed by atoms with Crippen LogP contribution in [-0.2, 0) is 0 Å². The van der Waals surface area contributed by atoms with Crippen molar-refractivity contribution in [3.63, 3.8) is 0 Å². The highest BCUT2D eigenvalue weighted by molar-refractivity contribution is 6.38. The number of carbonyl (C=O) groups is 1. The van der Waals surface area contributed by atoms with Crippen molar-refractivity contribution in [2.75, 3.05) is 0 Å². The third-order valence-corrected chi connectivity index (χ3v) is 3.86. The molecule has 0 amide bonds. The molecule has 2 heterocycles. The molecular formula is C15H12ClN3O2. The van der Waals surface area contributed by atoms with E-state index in [1.165, 1.54) is 6.33 Å². The van der Waals surface area contributed by atoms with Gasteiger partial charge in [-0.25, -0.2) is 14.8 Å². The molecule has 0 bridgehead atoms. The molecule has 1 aromatic carbocycles. The smallest absolute Gasteiger partial charge is 0.353 e. The minimum absolute atomic E-state index is 0.00146. The van der Waals surface area contributed by atoms with E-state index in [4.69, 9.17) is 16.7 Å². The summed E-state index contributed by atoms with van der Waals surface area (Å²) < 4.78 is 0. The van der Waals surface area contributed by atoms with Gasteiger partial charge in [0.05, 0.1) is 5.02 Å². The summed E-state index contributed by atoms with van der Waals surface area (Å²) in [6.07, 6.45) is 1.53. The Morgan fingerprint density at radius 3 is 2.52 bits per heavy atom. The third kappa shape index (κ3) is 2.15. The quantitative estimate of drug-likeness (QED) is 0.758. The number of H-pyrrole nitrogens is 1. The van der Waals surface area contributed by atoms with E-state index < -0.39 is 5.97 Å². The number of fused-ring (bicyclic) bond motifs is 1. The molecule has 0 aliphatic rings. The zero-order chi connectivity index (χ0) is 15.1. The summed E-state index contributed by atoms with van der Waals surface area (Å²) in [6, 6.07) is 5.57. The molecular weight excluding hydrogens is 290 g/mol. The Balaban J connectivity index is 2.25. The van der Waals surface area contributed by atoms with E-state index in [2.05, 4.69) is 15.0 Å². The number of benzene rings is 1. The molecule has 5 nitrogen and oxygen atoms in total. The molecule has 0 unspecified atom stereocenters. The standard InChI is InChI=1S/C15H12ClN3O2/c1-7-12(8(2)18-6-17-7)9-3-4-10-11(5-9)19-14(13(10)16)15(20)21/h3-6,19H,1-2H3,(H,20,21). The van der Waals surface area contributed by atoms with E-state index in [0.29, 0.717) is 10.9 Å². The molecule has 0 saturated carbocycles. The number of nitrogens with one attached hydrogen (secondary N) is 1. The number of hydrogen-bond donors (Lipinski definition) is 2. The molecule has 3 aromatic rings. The van der Waals surface area contributed by atoms with E-state index in [9.17, 15) is 4.79 Å². The summed E-state index contributed by atoms with van der Waals surface area (Å²) in [6.45, 7) is 3.83. The topological polar surface area (TPSA) is 78.9 Å². The molecule has 0 radical (unpaired) electrons. The van der Waals surface area contributed by atoms with Crippen molar-refractivity contribution in [2.45, 2.75) is 13.8 Å². The van der Waals surface area contributed by atoms with Gasteiger partial charge >= 0.3 is 5.97 Å². The lowest BCUT2D eigenvalue weighted by molar-refractivity contribution is 0.0691. The molecule has 2 aromatic heterocycles. The van der Waals surface area contributed by atoms with Crippen LogP contribution in [-0.4, -0.2) is 26.0 Å². The lowest BCUT2D eigenvalue weighted by atomic mass is 10.0. The second-order valence-corrected chi connectivity index (χ2v) is 5.18. The fourth-order valence-electron chi connectivity index (χ4n) is 2.48. The molecule has 3 rings (SSSR count). The van der Waals surface area contributed by atoms with Crippen molar-refractivity contribution in [1.82, 2.24) is 15.0 Å². The molecule has 21 heavy (non-hydrogen) atoms. The highest BCUT2D eigenvalue weighted by Gasteiger charge is 2.16. The number of aryl methyl sites for hydroxylation is 2. The molecule has 0 atom stereocenters. The lowest BCUT2D eigenvalue weighted by Gasteiger charge is -2.08. The Morgan fingerprint density at radius 1 is 1.24 bits per heavy atom. The maximum absolute atomic E-state index is 11.1. The van der Waals surface area contributed by atoms with Crippen LogP contribution >= 0.6 is 11.6 Å². The molecule has 0 aliphatic heterocycles. The Kier molecular flexibility index (Phi) is 3.14. The Hall–Kier alpha value is -2.40. The minimum atomic E-state index is -1.08. The van der Waals surface area contributed by atoms with Gasteiger partial charge in [0.2, 0.25) is 0 Å². The van der Waals surface area contributed by atoms with Gasteiger partial charge in [-0.05, 0) is 25.5 Å². The highest BCUT2D eigenvalue weighted by Crippen LogP contribution is 2.32. The summed E-state index contributed by atoms with van der Waals surface area (Å²) in [5.41, 5.74) is 4.30. The van der Waals surface area contributed by atoms with Crippen LogP contribution < -0.4 is 0 Å². The van der Waals surface area contributed by atoms with Gasteiger partial charge in [-0.1, -0.05) is 23.7 Å². The van der Waals surface area contributed by atoms with Crippen LogP contribution in [0.2, 0.25) is 5.02 Å². The largest absolute Gasteiger partial charge is 0.477 e. The van der Waals surface area contributed by atoms with E-state index in [-0.39, 0.29) is 10.7 Å². The van der Waals surface area contributed by atoms with Crippen molar-refractivity contribution >= 4 is 28.5 Å². The first-order valence-electron chi connectivity index (χ1n) is 6.32. The van der Waals surface area contributed by atoms with Gasteiger partial charge in [0.25, 0.3) is 0 Å². The predicted molar refractivity (Wildman–Crippen MR) is 80.8 cm³/mol. The fourth-order valence-corrected chi connectivity index (χ4v) is 2.77. The van der Waals surface area contributed by atoms with Crippen LogP contribution in [0.4, 0.5) is 0 Å². The van der Waals surface area contributed by atoms with Gasteiger partial charge in [0.15, 0.2) is 0 Å². The molecule has 0 aliphatic carbocycles. The van der Waals surface area contributed by atoms with Crippen LogP contribution in [0.1, 0.15) is 21.9 Å². The van der Waals surface area contributed by atoms with Gasteiger partial charge in [0.1, 0.15) is 12.0 Å². The van der Waals surface area contributed by atoms with Crippen molar-refractivity contribution in [2.24, 2.45) is 0 Å². The number of aromatic nitrogens is 3. The van der Waals surface area contributed by atoms with Crippen LogP contribution in [0.15, 0.2) is 24.5 Å². The van der Waals surface area contributed by atoms with Gasteiger partial charge < -0.3 is 10.1 Å². The summed E-state index contributed by atoms with van der Waals surface area (Å²) in [4.78, 5) is 22.4. The SMILES string of the molecule is Cc1ncnc(C)c1-c1ccc2c(Cl)c(C(=O)O)[nH]c2c1. The molecule has 6 heteroatoms. The first-order valence-corrected chi connectivity index (χ1v) is 6.70. The number of hydrogen-bond acceptors (Lipinski definition) is 3. The second-order valence-electron chi connectivity index (χ2n) is 4.80. The fraction of sp³-hybridized carbons (Fsp3) is 0.133.